The fraction of sp³-hybridized carbons (Fsp3) is 0.450. The first-order valence-electron chi connectivity index (χ1n) is 9.39. The molecule has 5 heterocycles. The minimum Gasteiger partial charge on any atom is -0.355 e. The normalized spacial score (nSPS) is 19.1. The maximum Gasteiger partial charge on any atom is 0.154 e. The van der Waals surface area contributed by atoms with Gasteiger partial charge in [0.2, 0.25) is 0 Å². The van der Waals surface area contributed by atoms with Gasteiger partial charge in [-0.15, -0.1) is 5.10 Å². The van der Waals surface area contributed by atoms with Crippen molar-refractivity contribution in [1.82, 2.24) is 24.9 Å². The molecule has 2 aliphatic rings. The fourth-order valence-corrected chi connectivity index (χ4v) is 4.27. The summed E-state index contributed by atoms with van der Waals surface area (Å²) >= 11 is 0. The Hall–Kier alpha value is -2.47. The number of rotatable bonds is 2. The molecule has 0 aliphatic carbocycles. The van der Waals surface area contributed by atoms with E-state index in [1.807, 2.05) is 30.6 Å². The second kappa shape index (κ2) is 5.77. The van der Waals surface area contributed by atoms with E-state index in [1.165, 1.54) is 25.9 Å². The van der Waals surface area contributed by atoms with Crippen molar-refractivity contribution in [2.45, 2.75) is 26.7 Å². The highest BCUT2D eigenvalue weighted by atomic mass is 15.3. The summed E-state index contributed by atoms with van der Waals surface area (Å²) in [5, 5.41) is 8.39. The highest BCUT2D eigenvalue weighted by molar-refractivity contribution is 5.67. The molecule has 3 aromatic heterocycles. The van der Waals surface area contributed by atoms with Crippen molar-refractivity contribution < 1.29 is 0 Å². The van der Waals surface area contributed by atoms with Crippen molar-refractivity contribution >= 4 is 11.5 Å². The third-order valence-corrected chi connectivity index (χ3v) is 5.96. The Labute approximate surface area is 153 Å². The van der Waals surface area contributed by atoms with Gasteiger partial charge >= 0.3 is 0 Å². The fourth-order valence-electron chi connectivity index (χ4n) is 4.27. The van der Waals surface area contributed by atoms with E-state index in [2.05, 4.69) is 33.4 Å². The number of nitrogens with zero attached hydrogens (tertiary/aromatic N) is 5. The van der Waals surface area contributed by atoms with Crippen LogP contribution in [-0.2, 0) is 0 Å². The molecule has 0 amide bonds. The zero-order valence-corrected chi connectivity index (χ0v) is 15.4. The molecule has 0 radical (unpaired) electrons. The number of aromatic nitrogens is 4. The largest absolute Gasteiger partial charge is 0.355 e. The Kier molecular flexibility index (Phi) is 3.50. The monoisotopic (exact) mass is 348 g/mol. The number of pyridine rings is 1. The van der Waals surface area contributed by atoms with Gasteiger partial charge in [0.05, 0.1) is 11.4 Å². The summed E-state index contributed by atoms with van der Waals surface area (Å²) in [5.74, 6) is 1.05. The van der Waals surface area contributed by atoms with Crippen LogP contribution in [0.1, 0.15) is 24.2 Å². The summed E-state index contributed by atoms with van der Waals surface area (Å²) < 4.78 is 1.99. The van der Waals surface area contributed by atoms with Crippen LogP contribution in [0.3, 0.4) is 0 Å². The molecule has 0 aromatic carbocycles. The Morgan fingerprint density at radius 2 is 1.88 bits per heavy atom. The lowest BCUT2D eigenvalue weighted by atomic mass is 9.73. The van der Waals surface area contributed by atoms with Crippen LogP contribution in [0, 0.1) is 19.3 Å². The number of nitrogens with one attached hydrogen (secondary N) is 1. The van der Waals surface area contributed by atoms with Crippen molar-refractivity contribution in [1.29, 1.82) is 0 Å². The van der Waals surface area contributed by atoms with E-state index in [0.717, 1.165) is 47.2 Å². The molecule has 0 unspecified atom stereocenters. The minimum atomic E-state index is 0.548. The molecule has 3 aromatic rings. The molecule has 1 N–H and O–H groups in total. The summed E-state index contributed by atoms with van der Waals surface area (Å²) in [7, 11) is 0. The van der Waals surface area contributed by atoms with Crippen molar-refractivity contribution in [3.8, 4) is 11.3 Å². The number of hydrogen-bond acceptors (Lipinski definition) is 5. The van der Waals surface area contributed by atoms with Crippen LogP contribution in [0.2, 0.25) is 0 Å². The van der Waals surface area contributed by atoms with Gasteiger partial charge in [-0.2, -0.15) is 0 Å². The number of fused-ring (bicyclic) bond motifs is 1. The molecule has 5 rings (SSSR count). The zero-order valence-electron chi connectivity index (χ0n) is 15.4. The van der Waals surface area contributed by atoms with Gasteiger partial charge in [-0.1, -0.05) is 0 Å². The second-order valence-corrected chi connectivity index (χ2v) is 7.78. The molecule has 134 valence electrons. The van der Waals surface area contributed by atoms with Crippen LogP contribution in [-0.4, -0.2) is 45.8 Å². The van der Waals surface area contributed by atoms with Crippen molar-refractivity contribution in [3.05, 3.63) is 41.9 Å². The summed E-state index contributed by atoms with van der Waals surface area (Å²) in [6.07, 6.45) is 4.35. The second-order valence-electron chi connectivity index (χ2n) is 7.78. The van der Waals surface area contributed by atoms with Crippen LogP contribution in [0.4, 0.5) is 5.82 Å². The predicted molar refractivity (Wildman–Crippen MR) is 102 cm³/mol. The molecule has 0 bridgehead atoms. The number of aryl methyl sites for hydroxylation is 2. The first-order valence-corrected chi connectivity index (χ1v) is 9.39. The minimum absolute atomic E-state index is 0.548. The first kappa shape index (κ1) is 15.8. The Morgan fingerprint density at radius 3 is 2.58 bits per heavy atom. The van der Waals surface area contributed by atoms with Crippen LogP contribution in [0.15, 0.2) is 30.5 Å². The molecule has 6 nitrogen and oxygen atoms in total. The number of imidazole rings is 1. The molecule has 0 atom stereocenters. The van der Waals surface area contributed by atoms with Gasteiger partial charge in [-0.05, 0) is 56.4 Å². The van der Waals surface area contributed by atoms with Gasteiger partial charge in [-0.25, -0.2) is 9.50 Å². The maximum atomic E-state index is 4.96. The van der Waals surface area contributed by atoms with Crippen LogP contribution < -0.4 is 10.2 Å². The SMILES string of the molecule is Cc1cc(-c2c(C)nc3ccc(N4CCC5(CC4)CNC5)nn23)ccn1. The number of hydrogen-bond donors (Lipinski definition) is 1. The van der Waals surface area contributed by atoms with E-state index < -0.39 is 0 Å². The number of piperidine rings is 1. The quantitative estimate of drug-likeness (QED) is 0.771. The Balaban J connectivity index is 1.52. The third-order valence-electron chi connectivity index (χ3n) is 5.96. The Morgan fingerprint density at radius 1 is 1.08 bits per heavy atom. The molecule has 2 fully saturated rings. The maximum absolute atomic E-state index is 4.96. The summed E-state index contributed by atoms with van der Waals surface area (Å²) in [6.45, 7) is 8.59. The van der Waals surface area contributed by atoms with Gasteiger partial charge in [0.15, 0.2) is 5.65 Å². The van der Waals surface area contributed by atoms with Gasteiger partial charge in [0.25, 0.3) is 0 Å². The van der Waals surface area contributed by atoms with Crippen LogP contribution in [0.5, 0.6) is 0 Å². The zero-order chi connectivity index (χ0) is 17.7. The van der Waals surface area contributed by atoms with Gasteiger partial charge in [-0.3, -0.25) is 4.98 Å². The predicted octanol–water partition coefficient (Wildman–Crippen LogP) is 2.60. The number of anilines is 1. The topological polar surface area (TPSA) is 58.4 Å². The third kappa shape index (κ3) is 2.48. The highest BCUT2D eigenvalue weighted by Gasteiger charge is 2.39. The summed E-state index contributed by atoms with van der Waals surface area (Å²) in [5.41, 5.74) is 5.62. The van der Waals surface area contributed by atoms with Gasteiger partial charge in [0.1, 0.15) is 5.82 Å². The van der Waals surface area contributed by atoms with Crippen molar-refractivity contribution in [2.75, 3.05) is 31.1 Å². The van der Waals surface area contributed by atoms with E-state index in [4.69, 9.17) is 10.1 Å². The van der Waals surface area contributed by atoms with Gasteiger partial charge < -0.3 is 10.2 Å². The first-order chi connectivity index (χ1) is 12.6. The summed E-state index contributed by atoms with van der Waals surface area (Å²) in [4.78, 5) is 11.4. The van der Waals surface area contributed by atoms with Gasteiger partial charge in [0, 0.05) is 43.6 Å². The smallest absolute Gasteiger partial charge is 0.154 e. The lowest BCUT2D eigenvalue weighted by molar-refractivity contribution is 0.126. The molecule has 26 heavy (non-hydrogen) atoms. The van der Waals surface area contributed by atoms with E-state index >= 15 is 0 Å². The lowest BCUT2D eigenvalue weighted by Gasteiger charge is -2.48. The molecule has 6 heteroatoms. The summed E-state index contributed by atoms with van der Waals surface area (Å²) in [6, 6.07) is 8.33. The lowest BCUT2D eigenvalue weighted by Crippen LogP contribution is -2.58. The molecule has 2 aliphatic heterocycles. The van der Waals surface area contributed by atoms with E-state index in [9.17, 15) is 0 Å². The Bertz CT molecular complexity index is 962. The van der Waals surface area contributed by atoms with Crippen LogP contribution in [0.25, 0.3) is 16.9 Å². The van der Waals surface area contributed by atoms with E-state index in [-0.39, 0.29) is 0 Å². The highest BCUT2D eigenvalue weighted by Crippen LogP contribution is 2.36. The standard InChI is InChI=1S/C20H24N6/c1-14-11-16(5-8-22-14)19-15(2)23-17-3-4-18(24-26(17)19)25-9-6-20(7-10-25)12-21-13-20/h3-5,8,11,21H,6-7,9-10,12-13H2,1-2H3. The molecular weight excluding hydrogens is 324 g/mol. The molecular formula is C20H24N6. The van der Waals surface area contributed by atoms with E-state index in [1.54, 1.807) is 0 Å². The molecule has 1 spiro atoms. The molecule has 0 saturated carbocycles. The van der Waals surface area contributed by atoms with E-state index in [0.29, 0.717) is 5.41 Å². The van der Waals surface area contributed by atoms with Crippen LogP contribution >= 0.6 is 0 Å². The molecule has 2 saturated heterocycles. The van der Waals surface area contributed by atoms with Crippen molar-refractivity contribution in [3.63, 3.8) is 0 Å². The average molecular weight is 348 g/mol. The van der Waals surface area contributed by atoms with Crippen molar-refractivity contribution in [2.24, 2.45) is 5.41 Å². The average Bonchev–Trinajstić information content (AvgIpc) is 2.95.